The molecule has 0 radical (unpaired) electrons. The molecule has 0 heterocycles. The van der Waals surface area contributed by atoms with Crippen molar-refractivity contribution in [2.45, 2.75) is 46.6 Å². The zero-order chi connectivity index (χ0) is 12.3. The van der Waals surface area contributed by atoms with Crippen LogP contribution in [0.5, 0.6) is 0 Å². The van der Waals surface area contributed by atoms with Crippen molar-refractivity contribution in [1.82, 2.24) is 0 Å². The SMILES string of the molecule is CC(=O)O.CC=CC(=O)OC(C)CCC. The molecule has 0 bridgehead atoms. The van der Waals surface area contributed by atoms with Gasteiger partial charge in [0.1, 0.15) is 0 Å². The van der Waals surface area contributed by atoms with E-state index in [1.807, 2.05) is 6.92 Å². The molecular weight excluding hydrogens is 196 g/mol. The molecule has 0 aliphatic rings. The maximum atomic E-state index is 10.8. The molecular formula is C11H20O4. The van der Waals surface area contributed by atoms with Gasteiger partial charge in [0.25, 0.3) is 5.97 Å². The maximum absolute atomic E-state index is 10.8. The van der Waals surface area contributed by atoms with Gasteiger partial charge in [-0.05, 0) is 20.3 Å². The Hall–Kier alpha value is -1.32. The second kappa shape index (κ2) is 10.8. The molecule has 0 fully saturated rings. The fourth-order valence-corrected chi connectivity index (χ4v) is 0.839. The molecule has 0 spiro atoms. The van der Waals surface area contributed by atoms with Gasteiger partial charge in [-0.15, -0.1) is 0 Å². The number of carboxylic acid groups (broad SMARTS) is 1. The highest BCUT2D eigenvalue weighted by Gasteiger charge is 2.03. The second-order valence-electron chi connectivity index (χ2n) is 3.06. The van der Waals surface area contributed by atoms with E-state index in [-0.39, 0.29) is 12.1 Å². The number of hydrogen-bond donors (Lipinski definition) is 1. The summed E-state index contributed by atoms with van der Waals surface area (Å²) in [5, 5.41) is 7.42. The minimum atomic E-state index is -0.833. The Morgan fingerprint density at radius 2 is 1.93 bits per heavy atom. The van der Waals surface area contributed by atoms with Crippen molar-refractivity contribution in [3.63, 3.8) is 0 Å². The third kappa shape index (κ3) is 19.2. The van der Waals surface area contributed by atoms with Crippen LogP contribution in [-0.4, -0.2) is 23.1 Å². The number of ether oxygens (including phenoxy) is 1. The number of hydrogen-bond acceptors (Lipinski definition) is 3. The summed E-state index contributed by atoms with van der Waals surface area (Å²) in [6, 6.07) is 0. The molecule has 0 aliphatic heterocycles. The minimum absolute atomic E-state index is 0.0451. The monoisotopic (exact) mass is 216 g/mol. The van der Waals surface area contributed by atoms with E-state index >= 15 is 0 Å². The molecule has 0 saturated heterocycles. The first kappa shape index (κ1) is 16.1. The fraction of sp³-hybridized carbons (Fsp3) is 0.636. The van der Waals surface area contributed by atoms with Crippen LogP contribution in [0.2, 0.25) is 0 Å². The second-order valence-corrected chi connectivity index (χ2v) is 3.06. The lowest BCUT2D eigenvalue weighted by atomic mass is 10.2. The normalized spacial score (nSPS) is 11.5. The molecule has 1 N–H and O–H groups in total. The van der Waals surface area contributed by atoms with Crippen LogP contribution in [-0.2, 0) is 14.3 Å². The van der Waals surface area contributed by atoms with Gasteiger partial charge in [-0.1, -0.05) is 19.4 Å². The van der Waals surface area contributed by atoms with Crippen LogP contribution < -0.4 is 0 Å². The van der Waals surface area contributed by atoms with Gasteiger partial charge >= 0.3 is 5.97 Å². The van der Waals surface area contributed by atoms with Gasteiger partial charge in [-0.3, -0.25) is 4.79 Å². The molecule has 0 saturated carbocycles. The molecule has 0 aromatic heterocycles. The summed E-state index contributed by atoms with van der Waals surface area (Å²) in [7, 11) is 0. The Bertz CT molecular complexity index is 205. The lowest BCUT2D eigenvalue weighted by molar-refractivity contribution is -0.142. The highest BCUT2D eigenvalue weighted by molar-refractivity contribution is 5.81. The van der Waals surface area contributed by atoms with Crippen LogP contribution in [0.1, 0.15) is 40.5 Å². The molecule has 15 heavy (non-hydrogen) atoms. The van der Waals surface area contributed by atoms with E-state index in [9.17, 15) is 4.79 Å². The number of allylic oxidation sites excluding steroid dienone is 1. The van der Waals surface area contributed by atoms with E-state index in [0.717, 1.165) is 19.8 Å². The molecule has 4 nitrogen and oxygen atoms in total. The van der Waals surface area contributed by atoms with Gasteiger partial charge in [0.2, 0.25) is 0 Å². The summed E-state index contributed by atoms with van der Waals surface area (Å²) in [6.45, 7) is 6.86. The van der Waals surface area contributed by atoms with Crippen molar-refractivity contribution in [1.29, 1.82) is 0 Å². The van der Waals surface area contributed by atoms with Crippen LogP contribution in [0.25, 0.3) is 0 Å². The zero-order valence-corrected chi connectivity index (χ0v) is 9.82. The van der Waals surface area contributed by atoms with Crippen molar-refractivity contribution >= 4 is 11.9 Å². The van der Waals surface area contributed by atoms with Crippen LogP contribution in [0.15, 0.2) is 12.2 Å². The first-order valence-corrected chi connectivity index (χ1v) is 4.96. The van der Waals surface area contributed by atoms with Gasteiger partial charge in [-0.25, -0.2) is 4.79 Å². The van der Waals surface area contributed by atoms with Gasteiger partial charge < -0.3 is 9.84 Å². The molecule has 0 aliphatic carbocycles. The Morgan fingerprint density at radius 1 is 1.47 bits per heavy atom. The van der Waals surface area contributed by atoms with Crippen LogP contribution >= 0.6 is 0 Å². The van der Waals surface area contributed by atoms with E-state index in [0.29, 0.717) is 0 Å². The van der Waals surface area contributed by atoms with Crippen molar-refractivity contribution in [3.8, 4) is 0 Å². The Labute approximate surface area is 90.9 Å². The standard InChI is InChI=1S/C9H16O2.C2H4O2/c1-4-6-8(3)11-9(10)7-5-2;1-2(3)4/h5,7-8H,4,6H2,1-3H3;1H3,(H,3,4). The van der Waals surface area contributed by atoms with E-state index in [1.165, 1.54) is 6.08 Å². The number of carboxylic acids is 1. The van der Waals surface area contributed by atoms with E-state index in [1.54, 1.807) is 13.0 Å². The van der Waals surface area contributed by atoms with Gasteiger partial charge in [-0.2, -0.15) is 0 Å². The predicted molar refractivity (Wildman–Crippen MR) is 58.6 cm³/mol. The molecule has 1 atom stereocenters. The van der Waals surface area contributed by atoms with E-state index in [2.05, 4.69) is 6.92 Å². The molecule has 0 aromatic rings. The summed E-state index contributed by atoms with van der Waals surface area (Å²) < 4.78 is 5.01. The number of esters is 1. The third-order valence-electron chi connectivity index (χ3n) is 1.32. The molecule has 4 heteroatoms. The molecule has 0 amide bonds. The summed E-state index contributed by atoms with van der Waals surface area (Å²) >= 11 is 0. The fourth-order valence-electron chi connectivity index (χ4n) is 0.839. The quantitative estimate of drug-likeness (QED) is 0.579. The van der Waals surface area contributed by atoms with Crippen LogP contribution in [0.4, 0.5) is 0 Å². The lowest BCUT2D eigenvalue weighted by Crippen LogP contribution is -2.12. The highest BCUT2D eigenvalue weighted by atomic mass is 16.5. The van der Waals surface area contributed by atoms with Gasteiger partial charge in [0, 0.05) is 13.0 Å². The van der Waals surface area contributed by atoms with Crippen molar-refractivity contribution in [3.05, 3.63) is 12.2 Å². The largest absolute Gasteiger partial charge is 0.481 e. The highest BCUT2D eigenvalue weighted by Crippen LogP contribution is 2.00. The number of carbonyl (C=O) groups is 2. The Morgan fingerprint density at radius 3 is 2.27 bits per heavy atom. The Balaban J connectivity index is 0. The van der Waals surface area contributed by atoms with Gasteiger partial charge in [0.05, 0.1) is 6.10 Å². The van der Waals surface area contributed by atoms with Crippen LogP contribution in [0, 0.1) is 0 Å². The van der Waals surface area contributed by atoms with Crippen molar-refractivity contribution < 1.29 is 19.4 Å². The van der Waals surface area contributed by atoms with Crippen LogP contribution in [0.3, 0.4) is 0 Å². The molecule has 0 aromatic carbocycles. The number of aliphatic carboxylic acids is 1. The first-order chi connectivity index (χ1) is 6.93. The smallest absolute Gasteiger partial charge is 0.330 e. The maximum Gasteiger partial charge on any atom is 0.330 e. The number of rotatable bonds is 4. The Kier molecular flexibility index (Phi) is 11.6. The van der Waals surface area contributed by atoms with Crippen molar-refractivity contribution in [2.75, 3.05) is 0 Å². The topological polar surface area (TPSA) is 63.6 Å². The summed E-state index contributed by atoms with van der Waals surface area (Å²) in [5.74, 6) is -1.08. The summed E-state index contributed by atoms with van der Waals surface area (Å²) in [4.78, 5) is 19.8. The lowest BCUT2D eigenvalue weighted by Gasteiger charge is -2.09. The summed E-state index contributed by atoms with van der Waals surface area (Å²) in [5.41, 5.74) is 0. The molecule has 0 rings (SSSR count). The van der Waals surface area contributed by atoms with E-state index < -0.39 is 5.97 Å². The first-order valence-electron chi connectivity index (χ1n) is 4.96. The molecule has 88 valence electrons. The zero-order valence-electron chi connectivity index (χ0n) is 9.82. The van der Waals surface area contributed by atoms with E-state index in [4.69, 9.17) is 14.6 Å². The van der Waals surface area contributed by atoms with Gasteiger partial charge in [0.15, 0.2) is 0 Å². The average Bonchev–Trinajstić information content (AvgIpc) is 2.03. The third-order valence-corrected chi connectivity index (χ3v) is 1.32. The summed E-state index contributed by atoms with van der Waals surface area (Å²) in [6.07, 6.45) is 5.14. The average molecular weight is 216 g/mol. The minimum Gasteiger partial charge on any atom is -0.481 e. The predicted octanol–water partition coefficient (Wildman–Crippen LogP) is 2.39. The van der Waals surface area contributed by atoms with Crippen molar-refractivity contribution in [2.24, 2.45) is 0 Å². The molecule has 1 unspecified atom stereocenters. The number of carbonyl (C=O) groups excluding carboxylic acids is 1.